The molecule has 1 amide bonds. The van der Waals surface area contributed by atoms with Gasteiger partial charge in [0, 0.05) is 37.4 Å². The summed E-state index contributed by atoms with van der Waals surface area (Å²) in [7, 11) is 1.66. The van der Waals surface area contributed by atoms with Crippen LogP contribution in [0.25, 0.3) is 0 Å². The SMILES string of the molecule is COc1ccccc1N1CCN(c2ccc(NC(=O)c3cccc(C)c3)cc2C(=O)O)CC1.O=C(O)C(F)(F)F. The van der Waals surface area contributed by atoms with Crippen LogP contribution in [0.15, 0.2) is 66.7 Å². The number of nitrogens with one attached hydrogen (secondary N) is 1. The molecule has 1 aliphatic heterocycles. The molecular weight excluding hydrogens is 531 g/mol. The Bertz CT molecular complexity index is 1370. The highest BCUT2D eigenvalue weighted by Crippen LogP contribution is 2.31. The van der Waals surface area contributed by atoms with Crippen molar-refractivity contribution in [1.29, 1.82) is 0 Å². The lowest BCUT2D eigenvalue weighted by atomic mass is 10.1. The Balaban J connectivity index is 0.000000559. The van der Waals surface area contributed by atoms with E-state index in [0.717, 1.165) is 30.1 Å². The molecule has 0 atom stereocenters. The molecule has 1 saturated heterocycles. The van der Waals surface area contributed by atoms with Gasteiger partial charge in [0.15, 0.2) is 0 Å². The highest BCUT2D eigenvalue weighted by molar-refractivity contribution is 6.05. The monoisotopic (exact) mass is 559 g/mol. The molecule has 4 rings (SSSR count). The van der Waals surface area contributed by atoms with E-state index in [2.05, 4.69) is 15.1 Å². The maximum atomic E-state index is 12.6. The quantitative estimate of drug-likeness (QED) is 0.390. The van der Waals surface area contributed by atoms with Crippen molar-refractivity contribution in [1.82, 2.24) is 0 Å². The molecule has 12 heteroatoms. The van der Waals surface area contributed by atoms with Gasteiger partial charge in [-0.25, -0.2) is 9.59 Å². The zero-order valence-electron chi connectivity index (χ0n) is 21.7. The molecule has 0 bridgehead atoms. The molecule has 212 valence electrons. The molecule has 0 radical (unpaired) electrons. The second kappa shape index (κ2) is 12.9. The van der Waals surface area contributed by atoms with Gasteiger partial charge in [0.05, 0.1) is 24.0 Å². The van der Waals surface area contributed by atoms with Crippen molar-refractivity contribution in [2.24, 2.45) is 0 Å². The number of alkyl halides is 3. The van der Waals surface area contributed by atoms with E-state index in [9.17, 15) is 27.9 Å². The van der Waals surface area contributed by atoms with Crippen LogP contribution < -0.4 is 19.9 Å². The standard InChI is InChI=1S/C26H27N3O4.C2HF3O2/c1-18-6-5-7-19(16-18)25(30)27-20-10-11-22(21(17-20)26(31)32)28-12-14-29(15-13-28)23-8-3-4-9-24(23)33-2;3-2(4,5)1(6)7/h3-11,16-17H,12-15H2,1-2H3,(H,27,30)(H,31,32);(H,6,7). The van der Waals surface area contributed by atoms with Crippen molar-refractivity contribution >= 4 is 34.9 Å². The van der Waals surface area contributed by atoms with Gasteiger partial charge in [-0.15, -0.1) is 0 Å². The van der Waals surface area contributed by atoms with Gasteiger partial charge < -0.3 is 30.1 Å². The number of para-hydroxylation sites is 2. The summed E-state index contributed by atoms with van der Waals surface area (Å²) in [6.07, 6.45) is -5.08. The summed E-state index contributed by atoms with van der Waals surface area (Å²) in [5.41, 5.74) is 3.82. The maximum Gasteiger partial charge on any atom is 0.490 e. The number of anilines is 3. The van der Waals surface area contributed by atoms with E-state index in [1.165, 1.54) is 6.07 Å². The fourth-order valence-corrected chi connectivity index (χ4v) is 4.13. The van der Waals surface area contributed by atoms with E-state index in [1.54, 1.807) is 31.4 Å². The van der Waals surface area contributed by atoms with E-state index in [0.29, 0.717) is 30.0 Å². The second-order valence-electron chi connectivity index (χ2n) is 8.81. The molecule has 0 saturated carbocycles. The molecule has 3 aromatic carbocycles. The Hall–Kier alpha value is -4.74. The number of carbonyl (C=O) groups excluding carboxylic acids is 1. The number of carbonyl (C=O) groups is 3. The third kappa shape index (κ3) is 7.65. The van der Waals surface area contributed by atoms with Crippen molar-refractivity contribution in [3.63, 3.8) is 0 Å². The number of benzene rings is 3. The van der Waals surface area contributed by atoms with Gasteiger partial charge in [0.25, 0.3) is 5.91 Å². The highest BCUT2D eigenvalue weighted by Gasteiger charge is 2.38. The zero-order chi connectivity index (χ0) is 29.4. The van der Waals surface area contributed by atoms with Crippen molar-refractivity contribution < 1.29 is 42.5 Å². The van der Waals surface area contributed by atoms with Crippen LogP contribution in [0.2, 0.25) is 0 Å². The molecule has 40 heavy (non-hydrogen) atoms. The van der Waals surface area contributed by atoms with Crippen molar-refractivity contribution in [3.8, 4) is 5.75 Å². The third-order valence-corrected chi connectivity index (χ3v) is 6.05. The molecule has 0 unspecified atom stereocenters. The smallest absolute Gasteiger partial charge is 0.490 e. The molecule has 1 heterocycles. The number of nitrogens with zero attached hydrogens (tertiary/aromatic N) is 2. The summed E-state index contributed by atoms with van der Waals surface area (Å²) in [6.45, 7) is 4.75. The average molecular weight is 560 g/mol. The summed E-state index contributed by atoms with van der Waals surface area (Å²) in [4.78, 5) is 37.8. The summed E-state index contributed by atoms with van der Waals surface area (Å²) in [6, 6.07) is 20.2. The molecule has 0 aromatic heterocycles. The minimum Gasteiger partial charge on any atom is -0.495 e. The van der Waals surface area contributed by atoms with E-state index < -0.39 is 18.1 Å². The summed E-state index contributed by atoms with van der Waals surface area (Å²) in [5, 5.41) is 19.8. The van der Waals surface area contributed by atoms with Gasteiger partial charge in [-0.3, -0.25) is 4.79 Å². The fourth-order valence-electron chi connectivity index (χ4n) is 4.13. The van der Waals surface area contributed by atoms with Crippen LogP contribution in [0, 0.1) is 6.92 Å². The molecule has 0 spiro atoms. The normalized spacial score (nSPS) is 13.1. The highest BCUT2D eigenvalue weighted by atomic mass is 19.4. The predicted molar refractivity (Wildman–Crippen MR) is 144 cm³/mol. The van der Waals surface area contributed by atoms with Gasteiger partial charge in [-0.1, -0.05) is 29.8 Å². The largest absolute Gasteiger partial charge is 0.495 e. The first-order valence-electron chi connectivity index (χ1n) is 12.1. The number of ether oxygens (including phenoxy) is 1. The molecular formula is C28H28F3N3O6. The van der Waals surface area contributed by atoms with Crippen molar-refractivity contribution in [2.45, 2.75) is 13.1 Å². The number of amides is 1. The Morgan fingerprint density at radius 3 is 2.00 bits per heavy atom. The number of piperazine rings is 1. The third-order valence-electron chi connectivity index (χ3n) is 6.05. The van der Waals surface area contributed by atoms with E-state index in [1.807, 2.05) is 43.3 Å². The summed E-state index contributed by atoms with van der Waals surface area (Å²) in [5.74, 6) is -3.23. The lowest BCUT2D eigenvalue weighted by Crippen LogP contribution is -2.47. The number of hydrogen-bond acceptors (Lipinski definition) is 6. The Morgan fingerprint density at radius 1 is 0.850 bits per heavy atom. The first-order chi connectivity index (χ1) is 18.9. The number of rotatable bonds is 6. The zero-order valence-corrected chi connectivity index (χ0v) is 21.7. The lowest BCUT2D eigenvalue weighted by molar-refractivity contribution is -0.192. The van der Waals surface area contributed by atoms with E-state index >= 15 is 0 Å². The summed E-state index contributed by atoms with van der Waals surface area (Å²) >= 11 is 0. The van der Waals surface area contributed by atoms with Gasteiger partial charge in [0.1, 0.15) is 5.75 Å². The number of halogens is 3. The summed E-state index contributed by atoms with van der Waals surface area (Å²) < 4.78 is 37.2. The Morgan fingerprint density at radius 2 is 1.45 bits per heavy atom. The first kappa shape index (κ1) is 29.8. The van der Waals surface area contributed by atoms with Gasteiger partial charge >= 0.3 is 18.1 Å². The van der Waals surface area contributed by atoms with Crippen LogP contribution in [-0.4, -0.2) is 67.5 Å². The van der Waals surface area contributed by atoms with E-state index in [4.69, 9.17) is 14.6 Å². The molecule has 0 aliphatic carbocycles. The number of aliphatic carboxylic acids is 1. The van der Waals surface area contributed by atoms with Crippen molar-refractivity contribution in [2.75, 3.05) is 48.4 Å². The number of aryl methyl sites for hydroxylation is 1. The maximum absolute atomic E-state index is 12.6. The van der Waals surface area contributed by atoms with Gasteiger partial charge in [0.2, 0.25) is 0 Å². The molecule has 3 aromatic rings. The lowest BCUT2D eigenvalue weighted by Gasteiger charge is -2.38. The van der Waals surface area contributed by atoms with Crippen LogP contribution in [-0.2, 0) is 4.79 Å². The average Bonchev–Trinajstić information content (AvgIpc) is 2.93. The first-order valence-corrected chi connectivity index (χ1v) is 12.1. The van der Waals surface area contributed by atoms with Crippen LogP contribution >= 0.6 is 0 Å². The van der Waals surface area contributed by atoms with Crippen LogP contribution in [0.4, 0.5) is 30.2 Å². The molecule has 1 aliphatic rings. The molecule has 1 fully saturated rings. The van der Waals surface area contributed by atoms with Gasteiger partial charge in [-0.2, -0.15) is 13.2 Å². The fraction of sp³-hybridized carbons (Fsp3) is 0.250. The number of hydrogen-bond donors (Lipinski definition) is 3. The molecule has 9 nitrogen and oxygen atoms in total. The topological polar surface area (TPSA) is 119 Å². The Labute approximate surface area is 228 Å². The number of methoxy groups -OCH3 is 1. The second-order valence-corrected chi connectivity index (χ2v) is 8.81. The number of carboxylic acid groups (broad SMARTS) is 2. The number of aromatic carboxylic acids is 1. The van der Waals surface area contributed by atoms with Crippen molar-refractivity contribution in [3.05, 3.63) is 83.4 Å². The van der Waals surface area contributed by atoms with Crippen LogP contribution in [0.5, 0.6) is 5.75 Å². The minimum absolute atomic E-state index is 0.169. The number of carboxylic acids is 2. The van der Waals surface area contributed by atoms with Gasteiger partial charge in [-0.05, 0) is 49.4 Å². The van der Waals surface area contributed by atoms with Crippen LogP contribution in [0.3, 0.4) is 0 Å². The predicted octanol–water partition coefficient (Wildman–Crippen LogP) is 4.91. The minimum atomic E-state index is -5.08. The molecule has 3 N–H and O–H groups in total. The Kier molecular flexibility index (Phi) is 9.59. The van der Waals surface area contributed by atoms with Crippen LogP contribution in [0.1, 0.15) is 26.3 Å². The van der Waals surface area contributed by atoms with E-state index in [-0.39, 0.29) is 11.5 Å².